The molecule has 1 atom stereocenters. The van der Waals surface area contributed by atoms with E-state index in [0.717, 1.165) is 17.7 Å². The molecule has 3 rings (SSSR count). The second-order valence-corrected chi connectivity index (χ2v) is 5.42. The Labute approximate surface area is 136 Å². The summed E-state index contributed by atoms with van der Waals surface area (Å²) in [6.07, 6.45) is -3.85. The van der Waals surface area contributed by atoms with E-state index in [9.17, 15) is 13.2 Å². The zero-order valence-corrected chi connectivity index (χ0v) is 12.6. The Kier molecular flexibility index (Phi) is 4.35. The molecule has 2 aromatic carbocycles. The molecule has 0 unspecified atom stereocenters. The molecule has 24 heavy (non-hydrogen) atoms. The van der Waals surface area contributed by atoms with Gasteiger partial charge < -0.3 is 5.73 Å². The van der Waals surface area contributed by atoms with Gasteiger partial charge in [0.1, 0.15) is 5.82 Å². The summed E-state index contributed by atoms with van der Waals surface area (Å²) in [7, 11) is 0. The summed E-state index contributed by atoms with van der Waals surface area (Å²) in [5.74, 6) is 0.630. The van der Waals surface area contributed by atoms with Crippen molar-refractivity contribution in [1.29, 1.82) is 0 Å². The van der Waals surface area contributed by atoms with Gasteiger partial charge in [0.2, 0.25) is 0 Å². The largest absolute Gasteiger partial charge is 0.416 e. The summed E-state index contributed by atoms with van der Waals surface area (Å²) in [6, 6.07) is 14.1. The van der Waals surface area contributed by atoms with Crippen LogP contribution in [0.1, 0.15) is 23.0 Å². The standard InChI is InChI=1S/C17H15F3N4/c18-17(19,20)13-8-4-7-12(10-13)15-22-16(24-23-15)14(21)9-11-5-2-1-3-6-11/h1-8,10,14H,9,21H2,(H,22,23,24)/t14-/m0/s1. The molecule has 0 aliphatic heterocycles. The molecule has 7 heteroatoms. The lowest BCUT2D eigenvalue weighted by molar-refractivity contribution is -0.137. The van der Waals surface area contributed by atoms with E-state index in [4.69, 9.17) is 5.73 Å². The maximum atomic E-state index is 12.8. The molecule has 3 N–H and O–H groups in total. The predicted octanol–water partition coefficient (Wildman–Crippen LogP) is 3.73. The SMILES string of the molecule is N[C@@H](Cc1ccccc1)c1nc(-c2cccc(C(F)(F)F)c2)n[nH]1. The highest BCUT2D eigenvalue weighted by Crippen LogP contribution is 2.31. The molecule has 1 heterocycles. The van der Waals surface area contributed by atoms with Crippen LogP contribution in [0.3, 0.4) is 0 Å². The van der Waals surface area contributed by atoms with Crippen LogP contribution in [-0.4, -0.2) is 15.2 Å². The molecule has 0 aliphatic rings. The van der Waals surface area contributed by atoms with Gasteiger partial charge in [-0.3, -0.25) is 5.10 Å². The molecular formula is C17H15F3N4. The van der Waals surface area contributed by atoms with Gasteiger partial charge in [-0.15, -0.1) is 0 Å². The zero-order chi connectivity index (χ0) is 17.2. The Balaban J connectivity index is 1.80. The molecule has 0 spiro atoms. The van der Waals surface area contributed by atoms with Crippen molar-refractivity contribution < 1.29 is 13.2 Å². The Morgan fingerprint density at radius 1 is 1.04 bits per heavy atom. The third-order valence-corrected chi connectivity index (χ3v) is 3.60. The Morgan fingerprint density at radius 3 is 2.50 bits per heavy atom. The minimum atomic E-state index is -4.40. The van der Waals surface area contributed by atoms with Crippen molar-refractivity contribution in [3.63, 3.8) is 0 Å². The van der Waals surface area contributed by atoms with Gasteiger partial charge in [0.15, 0.2) is 5.82 Å². The van der Waals surface area contributed by atoms with Gasteiger partial charge in [-0.2, -0.15) is 18.3 Å². The summed E-state index contributed by atoms with van der Waals surface area (Å²) in [5.41, 5.74) is 6.70. The fourth-order valence-corrected chi connectivity index (χ4v) is 2.37. The fraction of sp³-hybridized carbons (Fsp3) is 0.176. The molecule has 124 valence electrons. The molecule has 1 aromatic heterocycles. The molecule has 4 nitrogen and oxygen atoms in total. The van der Waals surface area contributed by atoms with E-state index in [1.165, 1.54) is 12.1 Å². The number of H-pyrrole nitrogens is 1. The molecule has 0 saturated carbocycles. The van der Waals surface area contributed by atoms with Gasteiger partial charge in [-0.05, 0) is 24.1 Å². The first kappa shape index (κ1) is 16.2. The number of aromatic nitrogens is 3. The van der Waals surface area contributed by atoms with E-state index in [-0.39, 0.29) is 5.82 Å². The van der Waals surface area contributed by atoms with Gasteiger partial charge >= 0.3 is 6.18 Å². The van der Waals surface area contributed by atoms with Crippen LogP contribution in [0.4, 0.5) is 13.2 Å². The summed E-state index contributed by atoms with van der Waals surface area (Å²) < 4.78 is 38.4. The molecule has 0 fully saturated rings. The smallest absolute Gasteiger partial charge is 0.321 e. The normalized spacial score (nSPS) is 13.0. The number of hydrogen-bond acceptors (Lipinski definition) is 3. The van der Waals surface area contributed by atoms with Crippen LogP contribution < -0.4 is 5.73 Å². The van der Waals surface area contributed by atoms with Gasteiger partial charge in [-0.25, -0.2) is 4.98 Å². The lowest BCUT2D eigenvalue weighted by Crippen LogP contribution is -2.15. The number of aromatic amines is 1. The van der Waals surface area contributed by atoms with E-state index in [0.29, 0.717) is 17.8 Å². The van der Waals surface area contributed by atoms with Gasteiger partial charge in [0, 0.05) is 5.56 Å². The Hall–Kier alpha value is -2.67. The lowest BCUT2D eigenvalue weighted by atomic mass is 10.1. The summed E-state index contributed by atoms with van der Waals surface area (Å²) in [4.78, 5) is 4.24. The maximum Gasteiger partial charge on any atom is 0.416 e. The molecule has 3 aromatic rings. The quantitative estimate of drug-likeness (QED) is 0.765. The van der Waals surface area contributed by atoms with Crippen molar-refractivity contribution in [3.8, 4) is 11.4 Å². The highest BCUT2D eigenvalue weighted by molar-refractivity contribution is 5.56. The average molecular weight is 332 g/mol. The van der Waals surface area contributed by atoms with Crippen LogP contribution in [-0.2, 0) is 12.6 Å². The van der Waals surface area contributed by atoms with E-state index < -0.39 is 17.8 Å². The van der Waals surface area contributed by atoms with E-state index in [1.54, 1.807) is 0 Å². The first-order valence-corrected chi connectivity index (χ1v) is 7.33. The highest BCUT2D eigenvalue weighted by Gasteiger charge is 2.30. The summed E-state index contributed by atoms with van der Waals surface area (Å²) >= 11 is 0. The predicted molar refractivity (Wildman–Crippen MR) is 83.9 cm³/mol. The highest BCUT2D eigenvalue weighted by atomic mass is 19.4. The average Bonchev–Trinajstić information content (AvgIpc) is 3.05. The molecule has 0 aliphatic carbocycles. The number of alkyl halides is 3. The van der Waals surface area contributed by atoms with Crippen LogP contribution in [0.2, 0.25) is 0 Å². The zero-order valence-electron chi connectivity index (χ0n) is 12.6. The van der Waals surface area contributed by atoms with Crippen LogP contribution in [0, 0.1) is 0 Å². The minimum Gasteiger partial charge on any atom is -0.321 e. The van der Waals surface area contributed by atoms with Crippen molar-refractivity contribution in [2.24, 2.45) is 5.73 Å². The van der Waals surface area contributed by atoms with Crippen molar-refractivity contribution in [2.45, 2.75) is 18.6 Å². The van der Waals surface area contributed by atoms with Crippen molar-refractivity contribution in [1.82, 2.24) is 15.2 Å². The van der Waals surface area contributed by atoms with Crippen LogP contribution in [0.15, 0.2) is 54.6 Å². The number of nitrogens with zero attached hydrogens (tertiary/aromatic N) is 2. The van der Waals surface area contributed by atoms with Gasteiger partial charge in [0.25, 0.3) is 0 Å². The monoisotopic (exact) mass is 332 g/mol. The van der Waals surface area contributed by atoms with Gasteiger partial charge in [0.05, 0.1) is 11.6 Å². The first-order chi connectivity index (χ1) is 11.4. The second kappa shape index (κ2) is 6.45. The number of nitrogens with two attached hydrogens (primary N) is 1. The number of halogens is 3. The van der Waals surface area contributed by atoms with Crippen LogP contribution in [0.5, 0.6) is 0 Å². The molecular weight excluding hydrogens is 317 g/mol. The molecule has 0 radical (unpaired) electrons. The number of benzene rings is 2. The van der Waals surface area contributed by atoms with Crippen molar-refractivity contribution >= 4 is 0 Å². The molecule has 0 amide bonds. The minimum absolute atomic E-state index is 0.194. The first-order valence-electron chi connectivity index (χ1n) is 7.33. The van der Waals surface area contributed by atoms with E-state index in [2.05, 4.69) is 15.2 Å². The Bertz CT molecular complexity index is 812. The van der Waals surface area contributed by atoms with Crippen LogP contribution in [0.25, 0.3) is 11.4 Å². The number of hydrogen-bond donors (Lipinski definition) is 2. The third-order valence-electron chi connectivity index (χ3n) is 3.60. The van der Waals surface area contributed by atoms with Crippen molar-refractivity contribution in [3.05, 3.63) is 71.5 Å². The van der Waals surface area contributed by atoms with Gasteiger partial charge in [-0.1, -0.05) is 42.5 Å². The number of rotatable bonds is 4. The van der Waals surface area contributed by atoms with Crippen molar-refractivity contribution in [2.75, 3.05) is 0 Å². The summed E-state index contributed by atoms with van der Waals surface area (Å²) in [6.45, 7) is 0. The van der Waals surface area contributed by atoms with Crippen LogP contribution >= 0.6 is 0 Å². The third kappa shape index (κ3) is 3.62. The fourth-order valence-electron chi connectivity index (χ4n) is 2.37. The maximum absolute atomic E-state index is 12.8. The molecule has 0 bridgehead atoms. The lowest BCUT2D eigenvalue weighted by Gasteiger charge is -2.08. The second-order valence-electron chi connectivity index (χ2n) is 5.42. The topological polar surface area (TPSA) is 67.6 Å². The number of nitrogens with one attached hydrogen (secondary N) is 1. The summed E-state index contributed by atoms with van der Waals surface area (Å²) in [5, 5.41) is 6.70. The van der Waals surface area contributed by atoms with E-state index in [1.807, 2.05) is 30.3 Å². The molecule has 0 saturated heterocycles. The Morgan fingerprint density at radius 2 is 1.79 bits per heavy atom. The van der Waals surface area contributed by atoms with E-state index >= 15 is 0 Å².